The molecular weight excluding hydrogens is 246 g/mol. The quantitative estimate of drug-likeness (QED) is 0.912. The van der Waals surface area contributed by atoms with E-state index in [9.17, 15) is 4.79 Å². The van der Waals surface area contributed by atoms with E-state index in [2.05, 4.69) is 11.4 Å². The molecule has 3 rings (SSSR count). The molecule has 0 saturated carbocycles. The zero-order valence-electron chi connectivity index (χ0n) is 10.5. The van der Waals surface area contributed by atoms with Crippen molar-refractivity contribution >= 4 is 17.2 Å². The van der Waals surface area contributed by atoms with Crippen LogP contribution in [0.3, 0.4) is 0 Å². The maximum atomic E-state index is 12.1. The van der Waals surface area contributed by atoms with Crippen molar-refractivity contribution in [1.82, 2.24) is 5.32 Å². The van der Waals surface area contributed by atoms with E-state index < -0.39 is 0 Å². The highest BCUT2D eigenvalue weighted by Crippen LogP contribution is 2.29. The Morgan fingerprint density at radius 2 is 2.28 bits per heavy atom. The van der Waals surface area contributed by atoms with Gasteiger partial charge in [0.2, 0.25) is 0 Å². The third kappa shape index (κ3) is 2.59. The molecule has 0 aromatic carbocycles. The topological polar surface area (TPSA) is 38.3 Å². The number of carbonyl (C=O) groups is 1. The van der Waals surface area contributed by atoms with Crippen LogP contribution < -0.4 is 5.32 Å². The fourth-order valence-electron chi connectivity index (χ4n) is 2.70. The van der Waals surface area contributed by atoms with Crippen LogP contribution in [-0.4, -0.2) is 25.2 Å². The van der Waals surface area contributed by atoms with Gasteiger partial charge in [0, 0.05) is 18.0 Å². The van der Waals surface area contributed by atoms with Gasteiger partial charge in [0.1, 0.15) is 0 Å². The third-order valence-corrected chi connectivity index (χ3v) is 4.97. The summed E-state index contributed by atoms with van der Waals surface area (Å²) in [5, 5.41) is 3.00. The van der Waals surface area contributed by atoms with Crippen LogP contribution in [0.4, 0.5) is 0 Å². The molecule has 1 aromatic heterocycles. The molecule has 98 valence electrons. The number of aryl methyl sites for hydroxylation is 2. The molecule has 2 aliphatic rings. The van der Waals surface area contributed by atoms with E-state index in [1.807, 2.05) is 0 Å². The monoisotopic (exact) mass is 265 g/mol. The molecule has 1 fully saturated rings. The second kappa shape index (κ2) is 5.41. The number of thiophene rings is 1. The maximum Gasteiger partial charge on any atom is 0.261 e. The average molecular weight is 265 g/mol. The second-order valence-electron chi connectivity index (χ2n) is 5.11. The molecule has 1 aliphatic carbocycles. The van der Waals surface area contributed by atoms with Gasteiger partial charge in [-0.2, -0.15) is 0 Å². The first-order valence-corrected chi connectivity index (χ1v) is 7.66. The summed E-state index contributed by atoms with van der Waals surface area (Å²) in [6.45, 7) is 1.50. The molecule has 0 radical (unpaired) electrons. The van der Waals surface area contributed by atoms with Crippen molar-refractivity contribution < 1.29 is 9.53 Å². The number of hydrogen-bond donors (Lipinski definition) is 1. The van der Waals surface area contributed by atoms with Crippen LogP contribution in [0.5, 0.6) is 0 Å². The van der Waals surface area contributed by atoms with Gasteiger partial charge >= 0.3 is 0 Å². The van der Waals surface area contributed by atoms with Crippen molar-refractivity contribution in [1.29, 1.82) is 0 Å². The minimum atomic E-state index is 0.0740. The molecule has 0 spiro atoms. The lowest BCUT2D eigenvalue weighted by molar-refractivity contribution is 0.0861. The Kier molecular flexibility index (Phi) is 3.66. The van der Waals surface area contributed by atoms with Gasteiger partial charge in [-0.05, 0) is 50.2 Å². The van der Waals surface area contributed by atoms with E-state index >= 15 is 0 Å². The number of nitrogens with one attached hydrogen (secondary N) is 1. The van der Waals surface area contributed by atoms with E-state index in [0.717, 1.165) is 37.2 Å². The van der Waals surface area contributed by atoms with Crippen LogP contribution >= 0.6 is 11.3 Å². The highest BCUT2D eigenvalue weighted by atomic mass is 32.1. The minimum Gasteiger partial charge on any atom is -0.376 e. The van der Waals surface area contributed by atoms with Gasteiger partial charge in [-0.1, -0.05) is 0 Å². The number of fused-ring (bicyclic) bond motifs is 1. The highest BCUT2D eigenvalue weighted by Gasteiger charge is 2.19. The van der Waals surface area contributed by atoms with Crippen molar-refractivity contribution in [2.45, 2.75) is 44.6 Å². The van der Waals surface area contributed by atoms with Crippen LogP contribution in [0.1, 0.15) is 45.8 Å². The number of carbonyl (C=O) groups excluding carboxylic acids is 1. The van der Waals surface area contributed by atoms with E-state index in [4.69, 9.17) is 4.74 Å². The lowest BCUT2D eigenvalue weighted by atomic mass is 9.99. The molecule has 4 heteroatoms. The summed E-state index contributed by atoms with van der Waals surface area (Å²) in [6.07, 6.45) is 7.24. The number of rotatable bonds is 3. The molecule has 1 N–H and O–H groups in total. The van der Waals surface area contributed by atoms with Gasteiger partial charge in [0.25, 0.3) is 5.91 Å². The van der Waals surface area contributed by atoms with E-state index in [0.29, 0.717) is 6.54 Å². The zero-order chi connectivity index (χ0) is 12.4. The molecule has 18 heavy (non-hydrogen) atoms. The van der Waals surface area contributed by atoms with Gasteiger partial charge in [0.15, 0.2) is 0 Å². The third-order valence-electron chi connectivity index (χ3n) is 3.73. The molecular formula is C14H19NO2S. The Balaban J connectivity index is 1.59. The summed E-state index contributed by atoms with van der Waals surface area (Å²) < 4.78 is 5.51. The van der Waals surface area contributed by atoms with Crippen molar-refractivity contribution in [2.24, 2.45) is 0 Å². The van der Waals surface area contributed by atoms with Crippen LogP contribution in [0.15, 0.2) is 6.07 Å². The van der Waals surface area contributed by atoms with Gasteiger partial charge in [-0.15, -0.1) is 11.3 Å². The second-order valence-corrected chi connectivity index (χ2v) is 6.25. The van der Waals surface area contributed by atoms with Crippen molar-refractivity contribution in [3.8, 4) is 0 Å². The van der Waals surface area contributed by atoms with E-state index in [-0.39, 0.29) is 12.0 Å². The first kappa shape index (κ1) is 12.2. The first-order valence-electron chi connectivity index (χ1n) is 6.84. The maximum absolute atomic E-state index is 12.1. The average Bonchev–Trinajstić information content (AvgIpc) is 3.04. The highest BCUT2D eigenvalue weighted by molar-refractivity contribution is 7.14. The first-order chi connectivity index (χ1) is 8.83. The number of hydrogen-bond acceptors (Lipinski definition) is 3. The van der Waals surface area contributed by atoms with Gasteiger partial charge in [-0.25, -0.2) is 0 Å². The summed E-state index contributed by atoms with van der Waals surface area (Å²) in [5.74, 6) is 0.0740. The Morgan fingerprint density at radius 1 is 1.39 bits per heavy atom. The molecule has 1 amide bonds. The molecule has 1 atom stereocenters. The summed E-state index contributed by atoms with van der Waals surface area (Å²) in [4.78, 5) is 14.4. The standard InChI is InChI=1S/C14H19NO2S/c16-14(15-9-11-5-3-7-17-11)13-8-10-4-1-2-6-12(10)18-13/h8,11H,1-7,9H2,(H,15,16)/t11-/m1/s1. The predicted octanol–water partition coefficient (Wildman–Crippen LogP) is 2.54. The zero-order valence-corrected chi connectivity index (χ0v) is 11.4. The van der Waals surface area contributed by atoms with Crippen LogP contribution in [-0.2, 0) is 17.6 Å². The van der Waals surface area contributed by atoms with Crippen LogP contribution in [0, 0.1) is 0 Å². The lowest BCUT2D eigenvalue weighted by Crippen LogP contribution is -2.31. The van der Waals surface area contributed by atoms with Crippen LogP contribution in [0.25, 0.3) is 0 Å². The number of amides is 1. The normalized spacial score (nSPS) is 22.8. The van der Waals surface area contributed by atoms with Gasteiger partial charge in [-0.3, -0.25) is 4.79 Å². The predicted molar refractivity (Wildman–Crippen MR) is 72.3 cm³/mol. The molecule has 3 nitrogen and oxygen atoms in total. The molecule has 2 heterocycles. The molecule has 0 bridgehead atoms. The Bertz CT molecular complexity index is 412. The summed E-state index contributed by atoms with van der Waals surface area (Å²) in [6, 6.07) is 2.09. The van der Waals surface area contributed by atoms with Crippen molar-refractivity contribution in [3.63, 3.8) is 0 Å². The largest absolute Gasteiger partial charge is 0.376 e. The minimum absolute atomic E-state index is 0.0740. The number of ether oxygens (including phenoxy) is 1. The smallest absolute Gasteiger partial charge is 0.261 e. The van der Waals surface area contributed by atoms with Gasteiger partial charge in [0.05, 0.1) is 11.0 Å². The Morgan fingerprint density at radius 3 is 3.06 bits per heavy atom. The molecule has 1 saturated heterocycles. The van der Waals surface area contributed by atoms with Crippen molar-refractivity contribution in [3.05, 3.63) is 21.4 Å². The van der Waals surface area contributed by atoms with Crippen molar-refractivity contribution in [2.75, 3.05) is 13.2 Å². The van der Waals surface area contributed by atoms with Gasteiger partial charge < -0.3 is 10.1 Å². The summed E-state index contributed by atoms with van der Waals surface area (Å²) in [7, 11) is 0. The Hall–Kier alpha value is -0.870. The van der Waals surface area contributed by atoms with E-state index in [1.54, 1.807) is 11.3 Å². The molecule has 1 aliphatic heterocycles. The van der Waals surface area contributed by atoms with E-state index in [1.165, 1.54) is 23.3 Å². The summed E-state index contributed by atoms with van der Waals surface area (Å²) >= 11 is 1.67. The Labute approximate surface area is 112 Å². The fourth-order valence-corrected chi connectivity index (χ4v) is 3.87. The SMILES string of the molecule is O=C(NC[C@H]1CCCO1)c1cc2c(s1)CCCC2. The fraction of sp³-hybridized carbons (Fsp3) is 0.643. The molecule has 1 aromatic rings. The lowest BCUT2D eigenvalue weighted by Gasteiger charge is -2.09. The molecule has 0 unspecified atom stereocenters. The summed E-state index contributed by atoms with van der Waals surface area (Å²) in [5.41, 5.74) is 1.40. The van der Waals surface area contributed by atoms with Crippen LogP contribution in [0.2, 0.25) is 0 Å².